The zero-order valence-electron chi connectivity index (χ0n) is 18.0. The quantitative estimate of drug-likeness (QED) is 0.0792. The molecule has 12 nitrogen and oxygen atoms in total. The summed E-state index contributed by atoms with van der Waals surface area (Å²) in [7, 11) is 0. The molecule has 4 atom stereocenters. The molecule has 0 aromatic carbocycles. The molecule has 32 heavy (non-hydrogen) atoms. The molecule has 4 unspecified atom stereocenters. The van der Waals surface area contributed by atoms with Crippen LogP contribution in [0.4, 0.5) is 0 Å². The van der Waals surface area contributed by atoms with Crippen LogP contribution in [0.1, 0.15) is 32.1 Å². The number of primary amides is 1. The number of thioether (sulfide) groups is 1. The second kappa shape index (κ2) is 16.6. The van der Waals surface area contributed by atoms with Gasteiger partial charge in [-0.25, -0.2) is 4.79 Å². The molecule has 0 saturated heterocycles. The van der Waals surface area contributed by atoms with Gasteiger partial charge in [-0.3, -0.25) is 19.2 Å². The number of aliphatic carboxylic acids is 1. The minimum Gasteiger partial charge on any atom is -0.480 e. The molecule has 10 N–H and O–H groups in total. The van der Waals surface area contributed by atoms with Crippen LogP contribution in [-0.4, -0.2) is 83.2 Å². The molecule has 0 spiro atoms. The molecule has 0 aromatic heterocycles. The SMILES string of the molecule is CSCCC(NC(=O)C(CS)NC(=O)C(CCCCN)NC(=O)C(N)CC(N)=O)C(=O)O. The van der Waals surface area contributed by atoms with Crippen molar-refractivity contribution in [1.82, 2.24) is 16.0 Å². The monoisotopic (exact) mass is 494 g/mol. The summed E-state index contributed by atoms with van der Waals surface area (Å²) >= 11 is 5.50. The van der Waals surface area contributed by atoms with Crippen LogP contribution >= 0.6 is 24.4 Å². The van der Waals surface area contributed by atoms with Crippen molar-refractivity contribution in [1.29, 1.82) is 0 Å². The number of rotatable bonds is 17. The lowest BCUT2D eigenvalue weighted by molar-refractivity contribution is -0.142. The molecule has 0 aliphatic carbocycles. The van der Waals surface area contributed by atoms with Crippen molar-refractivity contribution >= 4 is 54.0 Å². The van der Waals surface area contributed by atoms with E-state index in [-0.39, 0.29) is 18.6 Å². The first-order valence-corrected chi connectivity index (χ1v) is 12.1. The Morgan fingerprint density at radius 2 is 1.50 bits per heavy atom. The fourth-order valence-corrected chi connectivity index (χ4v) is 3.31. The molecule has 14 heteroatoms. The van der Waals surface area contributed by atoms with E-state index in [0.717, 1.165) is 0 Å². The van der Waals surface area contributed by atoms with E-state index in [1.54, 1.807) is 0 Å². The number of thiol groups is 1. The summed E-state index contributed by atoms with van der Waals surface area (Å²) in [6.45, 7) is 0.387. The smallest absolute Gasteiger partial charge is 0.326 e. The van der Waals surface area contributed by atoms with Gasteiger partial charge in [-0.2, -0.15) is 24.4 Å². The fraction of sp³-hybridized carbons (Fsp3) is 0.722. The molecule has 0 aliphatic heterocycles. The van der Waals surface area contributed by atoms with E-state index in [1.807, 2.05) is 6.26 Å². The highest BCUT2D eigenvalue weighted by Crippen LogP contribution is 2.05. The molecule has 0 aromatic rings. The largest absolute Gasteiger partial charge is 0.480 e. The average Bonchev–Trinajstić information content (AvgIpc) is 2.72. The van der Waals surface area contributed by atoms with E-state index in [0.29, 0.717) is 25.1 Å². The van der Waals surface area contributed by atoms with Gasteiger partial charge in [0.25, 0.3) is 0 Å². The first-order chi connectivity index (χ1) is 15.1. The van der Waals surface area contributed by atoms with Crippen LogP contribution in [0.15, 0.2) is 0 Å². The average molecular weight is 495 g/mol. The number of carbonyl (C=O) groups is 5. The van der Waals surface area contributed by atoms with Gasteiger partial charge in [0.1, 0.15) is 18.1 Å². The summed E-state index contributed by atoms with van der Waals surface area (Å²) < 4.78 is 0. The highest BCUT2D eigenvalue weighted by atomic mass is 32.2. The highest BCUT2D eigenvalue weighted by molar-refractivity contribution is 7.98. The van der Waals surface area contributed by atoms with Gasteiger partial charge in [0.05, 0.1) is 12.5 Å². The van der Waals surface area contributed by atoms with Gasteiger partial charge in [0, 0.05) is 5.75 Å². The van der Waals surface area contributed by atoms with Gasteiger partial charge in [-0.05, 0) is 44.2 Å². The van der Waals surface area contributed by atoms with E-state index in [9.17, 15) is 29.1 Å². The standard InChI is InChI=1S/C18H34N6O6S2/c1-32-7-5-12(18(29)30)23-17(28)13(9-31)24-16(27)11(4-2-3-6-19)22-15(26)10(20)8-14(21)25/h10-13,31H,2-9,19-20H2,1H3,(H2,21,25)(H,22,26)(H,23,28)(H,24,27)(H,29,30). The lowest BCUT2D eigenvalue weighted by Crippen LogP contribution is -2.57. The number of unbranched alkanes of at least 4 members (excludes halogenated alkanes) is 1. The Bertz CT molecular complexity index is 653. The maximum Gasteiger partial charge on any atom is 0.326 e. The van der Waals surface area contributed by atoms with Crippen molar-refractivity contribution < 1.29 is 29.1 Å². The lowest BCUT2D eigenvalue weighted by atomic mass is 10.1. The third-order valence-electron chi connectivity index (χ3n) is 4.38. The number of nitrogens with two attached hydrogens (primary N) is 3. The van der Waals surface area contributed by atoms with Crippen LogP contribution in [0, 0.1) is 0 Å². The van der Waals surface area contributed by atoms with Crippen LogP contribution < -0.4 is 33.2 Å². The van der Waals surface area contributed by atoms with Crippen LogP contribution in [0.3, 0.4) is 0 Å². The molecule has 0 saturated carbocycles. The highest BCUT2D eigenvalue weighted by Gasteiger charge is 2.29. The first kappa shape index (κ1) is 30.0. The Balaban J connectivity index is 5.21. The van der Waals surface area contributed by atoms with Crippen molar-refractivity contribution in [3.8, 4) is 0 Å². The molecule has 0 heterocycles. The van der Waals surface area contributed by atoms with E-state index in [1.165, 1.54) is 11.8 Å². The molecular formula is C18H34N6O6S2. The Labute approximate surface area is 196 Å². The maximum atomic E-state index is 12.8. The zero-order chi connectivity index (χ0) is 24.7. The van der Waals surface area contributed by atoms with Crippen molar-refractivity contribution in [2.75, 3.05) is 24.3 Å². The molecule has 0 radical (unpaired) electrons. The number of carboxylic acids is 1. The zero-order valence-corrected chi connectivity index (χ0v) is 19.8. The third kappa shape index (κ3) is 12.1. The summed E-state index contributed by atoms with van der Waals surface area (Å²) in [4.78, 5) is 59.8. The Hall–Kier alpha value is -2.03. The summed E-state index contributed by atoms with van der Waals surface area (Å²) in [5, 5.41) is 16.6. The van der Waals surface area contributed by atoms with Crippen molar-refractivity contribution in [3.63, 3.8) is 0 Å². The molecular weight excluding hydrogens is 460 g/mol. The van der Waals surface area contributed by atoms with Gasteiger partial charge in [-0.1, -0.05) is 0 Å². The predicted octanol–water partition coefficient (Wildman–Crippen LogP) is -2.46. The van der Waals surface area contributed by atoms with Gasteiger partial charge in [-0.15, -0.1) is 0 Å². The second-order valence-electron chi connectivity index (χ2n) is 7.05. The molecule has 0 bridgehead atoms. The van der Waals surface area contributed by atoms with Gasteiger partial charge >= 0.3 is 5.97 Å². The Kier molecular flexibility index (Phi) is 15.5. The van der Waals surface area contributed by atoms with Crippen molar-refractivity contribution in [3.05, 3.63) is 0 Å². The number of amides is 4. The number of nitrogens with one attached hydrogen (secondary N) is 3. The number of hydrogen-bond acceptors (Lipinski definition) is 9. The van der Waals surface area contributed by atoms with Crippen LogP contribution in [0.25, 0.3) is 0 Å². The number of hydrogen-bond donors (Lipinski definition) is 8. The van der Waals surface area contributed by atoms with Gasteiger partial charge in [0.15, 0.2) is 0 Å². The third-order valence-corrected chi connectivity index (χ3v) is 5.39. The lowest BCUT2D eigenvalue weighted by Gasteiger charge is -2.24. The fourth-order valence-electron chi connectivity index (χ4n) is 2.58. The van der Waals surface area contributed by atoms with Gasteiger partial charge in [0.2, 0.25) is 23.6 Å². The van der Waals surface area contributed by atoms with E-state index in [4.69, 9.17) is 17.2 Å². The predicted molar refractivity (Wildman–Crippen MR) is 125 cm³/mol. The van der Waals surface area contributed by atoms with E-state index < -0.39 is 60.2 Å². The van der Waals surface area contributed by atoms with Gasteiger partial charge < -0.3 is 38.3 Å². The molecule has 4 amide bonds. The number of carboxylic acid groups (broad SMARTS) is 1. The van der Waals surface area contributed by atoms with E-state index >= 15 is 0 Å². The molecule has 0 aliphatic rings. The summed E-state index contributed by atoms with van der Waals surface area (Å²) in [5.41, 5.74) is 16.1. The Morgan fingerprint density at radius 1 is 0.938 bits per heavy atom. The molecule has 0 rings (SSSR count). The topological polar surface area (TPSA) is 220 Å². The number of carbonyl (C=O) groups excluding carboxylic acids is 4. The first-order valence-electron chi connectivity index (χ1n) is 10.0. The molecule has 0 fully saturated rings. The van der Waals surface area contributed by atoms with Crippen molar-refractivity contribution in [2.24, 2.45) is 17.2 Å². The van der Waals surface area contributed by atoms with Crippen LogP contribution in [0.5, 0.6) is 0 Å². The normalized spacial score (nSPS) is 14.5. The van der Waals surface area contributed by atoms with E-state index in [2.05, 4.69) is 28.6 Å². The van der Waals surface area contributed by atoms with Crippen LogP contribution in [-0.2, 0) is 24.0 Å². The van der Waals surface area contributed by atoms with Crippen LogP contribution in [0.2, 0.25) is 0 Å². The minimum absolute atomic E-state index is 0.100. The minimum atomic E-state index is -1.23. The second-order valence-corrected chi connectivity index (χ2v) is 8.40. The maximum absolute atomic E-state index is 12.8. The summed E-state index contributed by atoms with van der Waals surface area (Å²) in [6.07, 6.45) is 2.95. The summed E-state index contributed by atoms with van der Waals surface area (Å²) in [6, 6.07) is -4.51. The summed E-state index contributed by atoms with van der Waals surface area (Å²) in [5.74, 6) is -3.66. The Morgan fingerprint density at radius 3 is 2.00 bits per heavy atom. The van der Waals surface area contributed by atoms with Crippen molar-refractivity contribution in [2.45, 2.75) is 56.3 Å². The molecule has 184 valence electrons.